The molecule has 0 aliphatic carbocycles. The number of aromatic nitrogens is 1. The zero-order valence-corrected chi connectivity index (χ0v) is 17.7. The minimum atomic E-state index is -0.188. The van der Waals surface area contributed by atoms with Crippen LogP contribution in [0.4, 0.5) is 4.79 Å². The lowest BCUT2D eigenvalue weighted by Crippen LogP contribution is -2.41. The molecule has 0 saturated heterocycles. The van der Waals surface area contributed by atoms with Crippen LogP contribution in [0, 0.1) is 0 Å². The number of thiophene rings is 1. The molecule has 3 aromatic rings. The van der Waals surface area contributed by atoms with Gasteiger partial charge in [0.2, 0.25) is 5.89 Å². The largest absolute Gasteiger partial charge is 0.497 e. The topological polar surface area (TPSA) is 79.6 Å². The Bertz CT molecular complexity index is 891. The zero-order valence-electron chi connectivity index (χ0n) is 16.8. The summed E-state index contributed by atoms with van der Waals surface area (Å²) in [5.41, 5.74) is 1.67. The van der Waals surface area contributed by atoms with Gasteiger partial charge in [-0.15, -0.1) is 11.3 Å². The van der Waals surface area contributed by atoms with E-state index in [0.717, 1.165) is 17.0 Å². The highest BCUT2D eigenvalue weighted by Crippen LogP contribution is 2.23. The third kappa shape index (κ3) is 5.82. The number of ether oxygens (including phenoxy) is 1. The number of methoxy groups -OCH3 is 1. The summed E-state index contributed by atoms with van der Waals surface area (Å²) in [6, 6.07) is 11.6. The molecule has 0 bridgehead atoms. The maximum Gasteiger partial charge on any atom is 0.314 e. The summed E-state index contributed by atoms with van der Waals surface area (Å²) in [6.45, 7) is 1.02. The molecule has 7 nitrogen and oxygen atoms in total. The Labute approximate surface area is 174 Å². The molecule has 0 spiro atoms. The van der Waals surface area contributed by atoms with Gasteiger partial charge in [-0.25, -0.2) is 9.78 Å². The van der Waals surface area contributed by atoms with Gasteiger partial charge in [0, 0.05) is 30.0 Å². The molecule has 0 fully saturated rings. The monoisotopic (exact) mass is 414 g/mol. The van der Waals surface area contributed by atoms with Crippen LogP contribution in [0.3, 0.4) is 0 Å². The molecule has 0 aliphatic rings. The van der Waals surface area contributed by atoms with E-state index in [1.165, 1.54) is 4.88 Å². The second-order valence-corrected chi connectivity index (χ2v) is 7.73. The third-order valence-electron chi connectivity index (χ3n) is 4.51. The lowest BCUT2D eigenvalue weighted by Gasteiger charge is -2.23. The minimum absolute atomic E-state index is 0.156. The van der Waals surface area contributed by atoms with Crippen LogP contribution in [0.5, 0.6) is 5.75 Å². The van der Waals surface area contributed by atoms with Crippen LogP contribution in [-0.2, 0) is 6.42 Å². The van der Waals surface area contributed by atoms with Crippen molar-refractivity contribution >= 4 is 17.4 Å². The van der Waals surface area contributed by atoms with E-state index in [1.807, 2.05) is 49.8 Å². The van der Waals surface area contributed by atoms with Crippen molar-refractivity contribution < 1.29 is 13.9 Å². The molecule has 2 N–H and O–H groups in total. The van der Waals surface area contributed by atoms with E-state index in [9.17, 15) is 4.79 Å². The average molecular weight is 415 g/mol. The number of benzene rings is 1. The summed E-state index contributed by atoms with van der Waals surface area (Å²) in [7, 11) is 5.65. The summed E-state index contributed by atoms with van der Waals surface area (Å²) < 4.78 is 10.7. The second kappa shape index (κ2) is 10.1. The fraction of sp³-hybridized carbons (Fsp3) is 0.333. The van der Waals surface area contributed by atoms with Crippen molar-refractivity contribution in [2.75, 3.05) is 34.3 Å². The number of hydrogen-bond acceptors (Lipinski definition) is 6. The van der Waals surface area contributed by atoms with Crippen LogP contribution >= 0.6 is 11.3 Å². The molecule has 8 heteroatoms. The summed E-state index contributed by atoms with van der Waals surface area (Å²) in [5, 5.41) is 7.86. The predicted molar refractivity (Wildman–Crippen MR) is 114 cm³/mol. The van der Waals surface area contributed by atoms with E-state index in [0.29, 0.717) is 25.4 Å². The first-order valence-electron chi connectivity index (χ1n) is 9.37. The molecule has 154 valence electrons. The van der Waals surface area contributed by atoms with Gasteiger partial charge in [0.1, 0.15) is 12.0 Å². The summed E-state index contributed by atoms with van der Waals surface area (Å²) in [4.78, 5) is 19.9. The molecule has 3 rings (SSSR count). The number of carbonyl (C=O) groups is 1. The maximum atomic E-state index is 12.1. The molecule has 0 aliphatic heterocycles. The number of nitrogens with one attached hydrogen (secondary N) is 2. The van der Waals surface area contributed by atoms with Gasteiger partial charge >= 0.3 is 6.03 Å². The van der Waals surface area contributed by atoms with Crippen LogP contribution in [-0.4, -0.2) is 50.2 Å². The Morgan fingerprint density at radius 1 is 1.24 bits per heavy atom. The molecular formula is C21H26N4O3S. The summed E-state index contributed by atoms with van der Waals surface area (Å²) in [5.74, 6) is 1.34. The number of nitrogens with zero attached hydrogens (tertiary/aromatic N) is 2. The minimum Gasteiger partial charge on any atom is -0.497 e. The molecule has 0 radical (unpaired) electrons. The van der Waals surface area contributed by atoms with E-state index in [-0.39, 0.29) is 12.1 Å². The van der Waals surface area contributed by atoms with Crippen LogP contribution in [0.15, 0.2) is 52.5 Å². The molecular weight excluding hydrogens is 388 g/mol. The quantitative estimate of drug-likeness (QED) is 0.560. The lowest BCUT2D eigenvalue weighted by atomic mass is 10.2. The van der Waals surface area contributed by atoms with Gasteiger partial charge in [-0.3, -0.25) is 0 Å². The van der Waals surface area contributed by atoms with Crippen LogP contribution < -0.4 is 15.4 Å². The van der Waals surface area contributed by atoms with E-state index >= 15 is 0 Å². The molecule has 1 aromatic carbocycles. The Kier molecular flexibility index (Phi) is 7.26. The van der Waals surface area contributed by atoms with E-state index < -0.39 is 0 Å². The predicted octanol–water partition coefficient (Wildman–Crippen LogP) is 3.56. The molecule has 2 heterocycles. The first-order valence-corrected chi connectivity index (χ1v) is 10.2. The van der Waals surface area contributed by atoms with Gasteiger partial charge in [0.25, 0.3) is 0 Å². The van der Waals surface area contributed by atoms with Gasteiger partial charge < -0.3 is 24.7 Å². The van der Waals surface area contributed by atoms with E-state index in [4.69, 9.17) is 9.15 Å². The van der Waals surface area contributed by atoms with Gasteiger partial charge in [0.05, 0.1) is 18.8 Å². The van der Waals surface area contributed by atoms with Crippen molar-refractivity contribution in [3.63, 3.8) is 0 Å². The normalized spacial score (nSPS) is 12.0. The van der Waals surface area contributed by atoms with Crippen molar-refractivity contribution in [2.24, 2.45) is 0 Å². The lowest BCUT2D eigenvalue weighted by molar-refractivity contribution is 0.233. The van der Waals surface area contributed by atoms with Crippen molar-refractivity contribution in [2.45, 2.75) is 12.5 Å². The number of carbonyl (C=O) groups excluding carboxylic acids is 1. The van der Waals surface area contributed by atoms with Crippen LogP contribution in [0.1, 0.15) is 16.6 Å². The number of oxazole rings is 1. The number of hydrogen-bond donors (Lipinski definition) is 2. The highest BCUT2D eigenvalue weighted by molar-refractivity contribution is 7.10. The van der Waals surface area contributed by atoms with Crippen LogP contribution in [0.25, 0.3) is 11.5 Å². The van der Waals surface area contributed by atoms with Crippen molar-refractivity contribution in [1.29, 1.82) is 0 Å². The smallest absolute Gasteiger partial charge is 0.314 e. The second-order valence-electron chi connectivity index (χ2n) is 6.75. The molecule has 29 heavy (non-hydrogen) atoms. The fourth-order valence-electron chi connectivity index (χ4n) is 2.86. The van der Waals surface area contributed by atoms with E-state index in [1.54, 1.807) is 24.7 Å². The molecule has 2 aromatic heterocycles. The third-order valence-corrected chi connectivity index (χ3v) is 5.48. The van der Waals surface area contributed by atoms with Crippen molar-refractivity contribution in [3.05, 3.63) is 58.6 Å². The van der Waals surface area contributed by atoms with E-state index in [2.05, 4.69) is 26.6 Å². The summed E-state index contributed by atoms with van der Waals surface area (Å²) >= 11 is 1.69. The fourth-order valence-corrected chi connectivity index (χ4v) is 3.79. The molecule has 0 saturated carbocycles. The van der Waals surface area contributed by atoms with Crippen LogP contribution in [0.2, 0.25) is 0 Å². The Morgan fingerprint density at radius 2 is 2.03 bits per heavy atom. The number of amides is 2. The Hall–Kier alpha value is -2.84. The number of likely N-dealkylation sites (N-methyl/N-ethyl adjacent to an activating group) is 1. The Morgan fingerprint density at radius 3 is 2.69 bits per heavy atom. The van der Waals surface area contributed by atoms with Gasteiger partial charge in [0.15, 0.2) is 0 Å². The number of urea groups is 1. The van der Waals surface area contributed by atoms with Crippen molar-refractivity contribution in [3.8, 4) is 17.2 Å². The first kappa shape index (κ1) is 20.9. The van der Waals surface area contributed by atoms with Gasteiger partial charge in [-0.1, -0.05) is 6.07 Å². The number of rotatable bonds is 9. The Balaban J connectivity index is 1.44. The SMILES string of the molecule is COc1ccc(-c2nc(CCNC(=O)NCC(c3cccs3)N(C)C)co2)cc1. The highest BCUT2D eigenvalue weighted by atomic mass is 32.1. The first-order chi connectivity index (χ1) is 14.1. The molecule has 1 unspecified atom stereocenters. The maximum absolute atomic E-state index is 12.1. The summed E-state index contributed by atoms with van der Waals surface area (Å²) in [6.07, 6.45) is 2.22. The standard InChI is InChI=1S/C21H26N4O3S/c1-25(2)18(19-5-4-12-29-19)13-23-21(26)22-11-10-16-14-28-20(24-16)15-6-8-17(27-3)9-7-15/h4-9,12,14,18H,10-11,13H2,1-3H3,(H2,22,23,26). The molecule has 2 amide bonds. The van der Waals surface area contributed by atoms with Crippen molar-refractivity contribution in [1.82, 2.24) is 20.5 Å². The highest BCUT2D eigenvalue weighted by Gasteiger charge is 2.16. The zero-order chi connectivity index (χ0) is 20.6. The van der Waals surface area contributed by atoms with Gasteiger partial charge in [-0.05, 0) is 49.8 Å². The average Bonchev–Trinajstić information content (AvgIpc) is 3.40. The molecule has 1 atom stereocenters. The van der Waals surface area contributed by atoms with Gasteiger partial charge in [-0.2, -0.15) is 0 Å².